The Kier molecular flexibility index (Phi) is 6.85. The van der Waals surface area contributed by atoms with Crippen molar-refractivity contribution in [2.24, 2.45) is 10.9 Å². The third-order valence-corrected chi connectivity index (χ3v) is 3.92. The van der Waals surface area contributed by atoms with Crippen molar-refractivity contribution < 1.29 is 0 Å². The highest BCUT2D eigenvalue weighted by Gasteiger charge is 2.08. The monoisotopic (exact) mass is 327 g/mol. The number of guanidine groups is 1. The second-order valence-electron chi connectivity index (χ2n) is 6.55. The molecule has 130 valence electrons. The van der Waals surface area contributed by atoms with E-state index in [1.54, 1.807) is 7.05 Å². The first kappa shape index (κ1) is 18.0. The minimum absolute atomic E-state index is 0.398. The van der Waals surface area contributed by atoms with Crippen LogP contribution < -0.4 is 10.6 Å². The SMILES string of the molecule is CN=C(NCc1ncc(-c2ccccc2)[nH]1)NC(C)CCC(C)C. The van der Waals surface area contributed by atoms with Crippen molar-refractivity contribution in [3.63, 3.8) is 0 Å². The van der Waals surface area contributed by atoms with Gasteiger partial charge < -0.3 is 15.6 Å². The van der Waals surface area contributed by atoms with Gasteiger partial charge in [-0.25, -0.2) is 4.98 Å². The maximum absolute atomic E-state index is 4.44. The molecule has 1 aromatic heterocycles. The van der Waals surface area contributed by atoms with Gasteiger partial charge in [-0.1, -0.05) is 44.2 Å². The molecule has 0 spiro atoms. The van der Waals surface area contributed by atoms with E-state index in [0.717, 1.165) is 35.4 Å². The van der Waals surface area contributed by atoms with Crippen LogP contribution in [0.5, 0.6) is 0 Å². The van der Waals surface area contributed by atoms with E-state index in [1.165, 1.54) is 6.42 Å². The van der Waals surface area contributed by atoms with Gasteiger partial charge in [0, 0.05) is 13.1 Å². The summed E-state index contributed by atoms with van der Waals surface area (Å²) in [5, 5.41) is 6.74. The van der Waals surface area contributed by atoms with Crippen molar-refractivity contribution in [2.45, 2.75) is 46.2 Å². The number of benzene rings is 1. The van der Waals surface area contributed by atoms with Crippen LogP contribution in [0.3, 0.4) is 0 Å². The molecule has 0 aliphatic heterocycles. The molecule has 0 amide bonds. The van der Waals surface area contributed by atoms with Crippen LogP contribution >= 0.6 is 0 Å². The minimum Gasteiger partial charge on any atom is -0.354 e. The van der Waals surface area contributed by atoms with Gasteiger partial charge in [0.25, 0.3) is 0 Å². The first-order valence-corrected chi connectivity index (χ1v) is 8.65. The summed E-state index contributed by atoms with van der Waals surface area (Å²) < 4.78 is 0. The lowest BCUT2D eigenvalue weighted by molar-refractivity contribution is 0.489. The molecule has 0 radical (unpaired) electrons. The molecule has 2 aromatic rings. The molecule has 5 nitrogen and oxygen atoms in total. The van der Waals surface area contributed by atoms with Crippen LogP contribution in [0.2, 0.25) is 0 Å². The van der Waals surface area contributed by atoms with Crippen molar-refractivity contribution in [3.05, 3.63) is 42.4 Å². The number of aromatic amines is 1. The Morgan fingerprint density at radius 1 is 1.17 bits per heavy atom. The number of nitrogens with zero attached hydrogens (tertiary/aromatic N) is 2. The fourth-order valence-electron chi connectivity index (χ4n) is 2.47. The molecule has 2 rings (SSSR count). The van der Waals surface area contributed by atoms with Crippen LogP contribution in [0.1, 0.15) is 39.4 Å². The van der Waals surface area contributed by atoms with Crippen molar-refractivity contribution in [3.8, 4) is 11.3 Å². The number of hydrogen-bond acceptors (Lipinski definition) is 2. The molecule has 1 heterocycles. The van der Waals surface area contributed by atoms with Gasteiger partial charge in [0.2, 0.25) is 0 Å². The molecule has 0 aliphatic carbocycles. The molecule has 0 saturated heterocycles. The fraction of sp³-hybridized carbons (Fsp3) is 0.474. The summed E-state index contributed by atoms with van der Waals surface area (Å²) in [7, 11) is 1.79. The average molecular weight is 327 g/mol. The van der Waals surface area contributed by atoms with E-state index in [2.05, 4.69) is 58.5 Å². The maximum atomic E-state index is 4.44. The third kappa shape index (κ3) is 5.72. The van der Waals surface area contributed by atoms with E-state index in [9.17, 15) is 0 Å². The number of rotatable bonds is 7. The van der Waals surface area contributed by atoms with Crippen LogP contribution in [0.15, 0.2) is 41.5 Å². The van der Waals surface area contributed by atoms with Gasteiger partial charge in [-0.2, -0.15) is 0 Å². The van der Waals surface area contributed by atoms with Crippen LogP contribution in [-0.4, -0.2) is 29.0 Å². The number of nitrogens with one attached hydrogen (secondary N) is 3. The van der Waals surface area contributed by atoms with Gasteiger partial charge in [-0.15, -0.1) is 0 Å². The Hall–Kier alpha value is -2.30. The average Bonchev–Trinajstić information content (AvgIpc) is 3.06. The fourth-order valence-corrected chi connectivity index (χ4v) is 2.47. The molecule has 1 unspecified atom stereocenters. The summed E-state index contributed by atoms with van der Waals surface area (Å²) in [5.74, 6) is 2.43. The van der Waals surface area contributed by atoms with Gasteiger partial charge >= 0.3 is 0 Å². The van der Waals surface area contributed by atoms with Crippen molar-refractivity contribution >= 4 is 5.96 Å². The second kappa shape index (κ2) is 9.11. The van der Waals surface area contributed by atoms with Crippen molar-refractivity contribution in [1.29, 1.82) is 0 Å². The number of H-pyrrole nitrogens is 1. The summed E-state index contributed by atoms with van der Waals surface area (Å²) in [6.07, 6.45) is 4.22. The normalized spacial score (nSPS) is 13.1. The molecule has 0 aliphatic rings. The molecular weight excluding hydrogens is 298 g/mol. The zero-order chi connectivity index (χ0) is 17.4. The first-order valence-electron chi connectivity index (χ1n) is 8.65. The summed E-state index contributed by atoms with van der Waals surface area (Å²) in [4.78, 5) is 12.1. The Bertz CT molecular complexity index is 630. The predicted octanol–water partition coefficient (Wildman–Crippen LogP) is 3.57. The second-order valence-corrected chi connectivity index (χ2v) is 6.55. The summed E-state index contributed by atoms with van der Waals surface area (Å²) in [6, 6.07) is 10.6. The van der Waals surface area contributed by atoms with Gasteiger partial charge in [-0.05, 0) is 31.2 Å². The Morgan fingerprint density at radius 3 is 2.58 bits per heavy atom. The smallest absolute Gasteiger partial charge is 0.191 e. The largest absolute Gasteiger partial charge is 0.354 e. The van der Waals surface area contributed by atoms with E-state index in [-0.39, 0.29) is 0 Å². The van der Waals surface area contributed by atoms with Crippen LogP contribution in [0, 0.1) is 5.92 Å². The lowest BCUT2D eigenvalue weighted by Gasteiger charge is -2.18. The zero-order valence-electron chi connectivity index (χ0n) is 15.1. The quantitative estimate of drug-likeness (QED) is 0.538. The Morgan fingerprint density at radius 2 is 1.92 bits per heavy atom. The van der Waals surface area contributed by atoms with E-state index < -0.39 is 0 Å². The highest BCUT2D eigenvalue weighted by molar-refractivity contribution is 5.79. The molecule has 0 saturated carbocycles. The maximum Gasteiger partial charge on any atom is 0.191 e. The van der Waals surface area contributed by atoms with Crippen molar-refractivity contribution in [2.75, 3.05) is 7.05 Å². The molecule has 5 heteroatoms. The number of hydrogen-bond donors (Lipinski definition) is 3. The summed E-state index contributed by atoms with van der Waals surface area (Å²) in [6.45, 7) is 7.31. The first-order chi connectivity index (χ1) is 11.6. The van der Waals surface area contributed by atoms with E-state index in [1.807, 2.05) is 24.4 Å². The molecule has 0 fully saturated rings. The molecule has 3 N–H and O–H groups in total. The predicted molar refractivity (Wildman–Crippen MR) is 101 cm³/mol. The van der Waals surface area contributed by atoms with Crippen LogP contribution in [0.4, 0.5) is 0 Å². The molecular formula is C19H29N5. The molecule has 1 aromatic carbocycles. The number of aliphatic imine (C=N–C) groups is 1. The third-order valence-electron chi connectivity index (χ3n) is 3.92. The van der Waals surface area contributed by atoms with Gasteiger partial charge in [-0.3, -0.25) is 4.99 Å². The molecule has 24 heavy (non-hydrogen) atoms. The van der Waals surface area contributed by atoms with Crippen LogP contribution in [0.25, 0.3) is 11.3 Å². The van der Waals surface area contributed by atoms with Gasteiger partial charge in [0.05, 0.1) is 18.4 Å². The van der Waals surface area contributed by atoms with E-state index >= 15 is 0 Å². The molecule has 0 bridgehead atoms. The number of aromatic nitrogens is 2. The standard InChI is InChI=1S/C19H29N5/c1-14(2)10-11-15(3)23-19(20-4)22-13-18-21-12-17(24-18)16-8-6-5-7-9-16/h5-9,12,14-15H,10-11,13H2,1-4H3,(H,21,24)(H2,20,22,23). The lowest BCUT2D eigenvalue weighted by Crippen LogP contribution is -2.42. The topological polar surface area (TPSA) is 65.1 Å². The minimum atomic E-state index is 0.398. The summed E-state index contributed by atoms with van der Waals surface area (Å²) in [5.41, 5.74) is 2.17. The number of imidazole rings is 1. The van der Waals surface area contributed by atoms with E-state index in [0.29, 0.717) is 12.6 Å². The highest BCUT2D eigenvalue weighted by atomic mass is 15.2. The van der Waals surface area contributed by atoms with Gasteiger partial charge in [0.15, 0.2) is 5.96 Å². The summed E-state index contributed by atoms with van der Waals surface area (Å²) >= 11 is 0. The van der Waals surface area contributed by atoms with Crippen LogP contribution in [-0.2, 0) is 6.54 Å². The lowest BCUT2D eigenvalue weighted by atomic mass is 10.0. The zero-order valence-corrected chi connectivity index (χ0v) is 15.1. The Balaban J connectivity index is 1.84. The highest BCUT2D eigenvalue weighted by Crippen LogP contribution is 2.15. The van der Waals surface area contributed by atoms with Gasteiger partial charge in [0.1, 0.15) is 5.82 Å². The Labute approximate surface area is 145 Å². The van der Waals surface area contributed by atoms with E-state index in [4.69, 9.17) is 0 Å². The molecule has 1 atom stereocenters. The van der Waals surface area contributed by atoms with Crippen molar-refractivity contribution in [1.82, 2.24) is 20.6 Å².